The summed E-state index contributed by atoms with van der Waals surface area (Å²) in [5.41, 5.74) is 6.50. The number of nitrogens with two attached hydrogens (primary N) is 1. The summed E-state index contributed by atoms with van der Waals surface area (Å²) in [7, 11) is 0. The summed E-state index contributed by atoms with van der Waals surface area (Å²) in [6.45, 7) is 2.57. The maximum absolute atomic E-state index is 13.1. The van der Waals surface area contributed by atoms with Crippen LogP contribution in [0.2, 0.25) is 0 Å². The van der Waals surface area contributed by atoms with Crippen LogP contribution >= 0.6 is 0 Å². The normalized spacial score (nSPS) is 24.8. The van der Waals surface area contributed by atoms with Crippen molar-refractivity contribution in [3.05, 3.63) is 35.6 Å². The van der Waals surface area contributed by atoms with Crippen molar-refractivity contribution in [3.63, 3.8) is 0 Å². The van der Waals surface area contributed by atoms with Gasteiger partial charge in [-0.25, -0.2) is 4.39 Å². The molecular formula is C13H17FN2O2. The van der Waals surface area contributed by atoms with Crippen molar-refractivity contribution in [1.29, 1.82) is 0 Å². The largest absolute Gasteiger partial charge is 0.379 e. The van der Waals surface area contributed by atoms with E-state index in [2.05, 4.69) is 5.32 Å². The highest BCUT2D eigenvalue weighted by Crippen LogP contribution is 2.17. The fraction of sp³-hybridized carbons (Fsp3) is 0.462. The molecule has 3 unspecified atom stereocenters. The van der Waals surface area contributed by atoms with Crippen molar-refractivity contribution in [1.82, 2.24) is 5.32 Å². The molecule has 3 N–H and O–H groups in total. The molecule has 1 heterocycles. The first-order valence-corrected chi connectivity index (χ1v) is 5.97. The Bertz CT molecular complexity index is 439. The maximum Gasteiger partial charge on any atom is 0.227 e. The van der Waals surface area contributed by atoms with Crippen molar-refractivity contribution < 1.29 is 13.9 Å². The smallest absolute Gasteiger partial charge is 0.227 e. The van der Waals surface area contributed by atoms with Crippen LogP contribution in [0.1, 0.15) is 18.5 Å². The molecule has 0 bridgehead atoms. The minimum Gasteiger partial charge on any atom is -0.379 e. The van der Waals surface area contributed by atoms with Gasteiger partial charge >= 0.3 is 0 Å². The zero-order valence-electron chi connectivity index (χ0n) is 10.2. The topological polar surface area (TPSA) is 64.3 Å². The van der Waals surface area contributed by atoms with Crippen molar-refractivity contribution >= 4 is 5.91 Å². The SMILES string of the molecule is CC(NC(=O)C1COCC1N)c1cccc(F)c1. The van der Waals surface area contributed by atoms with Crippen molar-refractivity contribution in [2.45, 2.75) is 19.0 Å². The summed E-state index contributed by atoms with van der Waals surface area (Å²) < 4.78 is 18.2. The van der Waals surface area contributed by atoms with Crippen molar-refractivity contribution in [3.8, 4) is 0 Å². The van der Waals surface area contributed by atoms with Crippen LogP contribution in [0, 0.1) is 11.7 Å². The molecule has 0 saturated carbocycles. The molecule has 1 saturated heterocycles. The van der Waals surface area contributed by atoms with Gasteiger partial charge in [0.15, 0.2) is 0 Å². The lowest BCUT2D eigenvalue weighted by atomic mass is 10.0. The van der Waals surface area contributed by atoms with Gasteiger partial charge in [-0.1, -0.05) is 12.1 Å². The van der Waals surface area contributed by atoms with Crippen LogP contribution in [-0.4, -0.2) is 25.2 Å². The number of amides is 1. The molecule has 1 aromatic rings. The first-order valence-electron chi connectivity index (χ1n) is 5.97. The number of rotatable bonds is 3. The molecule has 4 nitrogen and oxygen atoms in total. The molecular weight excluding hydrogens is 235 g/mol. The summed E-state index contributed by atoms with van der Waals surface area (Å²) in [5, 5.41) is 2.83. The molecule has 1 amide bonds. The number of benzene rings is 1. The van der Waals surface area contributed by atoms with Gasteiger partial charge in [-0.3, -0.25) is 4.79 Å². The van der Waals surface area contributed by atoms with Gasteiger partial charge in [-0.05, 0) is 24.6 Å². The number of ether oxygens (including phenoxy) is 1. The lowest BCUT2D eigenvalue weighted by Gasteiger charge is -2.18. The molecule has 1 fully saturated rings. The predicted octanol–water partition coefficient (Wildman–Crippen LogP) is 0.977. The average Bonchev–Trinajstić information content (AvgIpc) is 2.75. The number of hydrogen-bond acceptors (Lipinski definition) is 3. The Kier molecular flexibility index (Phi) is 3.93. The second-order valence-corrected chi connectivity index (χ2v) is 4.59. The Morgan fingerprint density at radius 3 is 2.94 bits per heavy atom. The Balaban J connectivity index is 1.98. The van der Waals surface area contributed by atoms with Gasteiger partial charge in [0, 0.05) is 6.04 Å². The van der Waals surface area contributed by atoms with Crippen LogP contribution in [0.4, 0.5) is 4.39 Å². The van der Waals surface area contributed by atoms with Crippen LogP contribution in [-0.2, 0) is 9.53 Å². The van der Waals surface area contributed by atoms with Gasteiger partial charge < -0.3 is 15.8 Å². The number of carbonyl (C=O) groups is 1. The molecule has 2 rings (SSSR count). The van der Waals surface area contributed by atoms with Crippen LogP contribution in [0.25, 0.3) is 0 Å². The van der Waals surface area contributed by atoms with E-state index in [0.717, 1.165) is 5.56 Å². The first-order chi connectivity index (χ1) is 8.58. The van der Waals surface area contributed by atoms with Crippen LogP contribution in [0.3, 0.4) is 0 Å². The molecule has 5 heteroatoms. The van der Waals surface area contributed by atoms with Crippen LogP contribution in [0.15, 0.2) is 24.3 Å². The van der Waals surface area contributed by atoms with Gasteiger partial charge in [0.2, 0.25) is 5.91 Å². The van der Waals surface area contributed by atoms with E-state index in [4.69, 9.17) is 10.5 Å². The second-order valence-electron chi connectivity index (χ2n) is 4.59. The first kappa shape index (κ1) is 13.0. The Labute approximate surface area is 105 Å². The highest BCUT2D eigenvalue weighted by molar-refractivity contribution is 5.80. The highest BCUT2D eigenvalue weighted by Gasteiger charge is 2.31. The quantitative estimate of drug-likeness (QED) is 0.842. The molecule has 1 aliphatic heterocycles. The molecule has 0 radical (unpaired) electrons. The van der Waals surface area contributed by atoms with Crippen molar-refractivity contribution in [2.24, 2.45) is 11.7 Å². The van der Waals surface area contributed by atoms with E-state index in [1.54, 1.807) is 12.1 Å². The zero-order chi connectivity index (χ0) is 13.1. The molecule has 18 heavy (non-hydrogen) atoms. The lowest BCUT2D eigenvalue weighted by Crippen LogP contribution is -2.41. The third-order valence-electron chi connectivity index (χ3n) is 3.17. The molecule has 1 aliphatic rings. The number of halogens is 1. The van der Waals surface area contributed by atoms with Gasteiger partial charge in [0.1, 0.15) is 5.82 Å². The maximum atomic E-state index is 13.1. The van der Waals surface area contributed by atoms with E-state index in [1.807, 2.05) is 6.92 Å². The molecule has 0 spiro atoms. The summed E-state index contributed by atoms with van der Waals surface area (Å²) in [4.78, 5) is 12.0. The molecule has 3 atom stereocenters. The Morgan fingerprint density at radius 2 is 2.33 bits per heavy atom. The minimum absolute atomic E-state index is 0.142. The molecule has 1 aromatic carbocycles. The van der Waals surface area contributed by atoms with Crippen molar-refractivity contribution in [2.75, 3.05) is 13.2 Å². The standard InChI is InChI=1S/C13H17FN2O2/c1-8(9-3-2-4-10(14)5-9)16-13(17)11-6-18-7-12(11)15/h2-5,8,11-12H,6-7,15H2,1H3,(H,16,17). The van der Waals surface area contributed by atoms with E-state index in [0.29, 0.717) is 13.2 Å². The predicted molar refractivity (Wildman–Crippen MR) is 65.2 cm³/mol. The fourth-order valence-corrected chi connectivity index (χ4v) is 2.02. The Hall–Kier alpha value is -1.46. The van der Waals surface area contributed by atoms with Gasteiger partial charge in [0.05, 0.1) is 25.2 Å². The third kappa shape index (κ3) is 2.86. The van der Waals surface area contributed by atoms with Gasteiger partial charge in [0.25, 0.3) is 0 Å². The zero-order valence-corrected chi connectivity index (χ0v) is 10.2. The van der Waals surface area contributed by atoms with Crippen LogP contribution in [0.5, 0.6) is 0 Å². The summed E-state index contributed by atoms with van der Waals surface area (Å²) in [5.74, 6) is -0.771. The lowest BCUT2D eigenvalue weighted by molar-refractivity contribution is -0.125. The highest BCUT2D eigenvalue weighted by atomic mass is 19.1. The Morgan fingerprint density at radius 1 is 1.56 bits per heavy atom. The minimum atomic E-state index is -0.319. The van der Waals surface area contributed by atoms with Gasteiger partial charge in [-0.2, -0.15) is 0 Å². The molecule has 98 valence electrons. The van der Waals surface area contributed by atoms with E-state index < -0.39 is 0 Å². The summed E-state index contributed by atoms with van der Waals surface area (Å²) in [6, 6.07) is 5.68. The van der Waals surface area contributed by atoms with E-state index in [9.17, 15) is 9.18 Å². The average molecular weight is 252 g/mol. The summed E-state index contributed by atoms with van der Waals surface area (Å²) in [6.07, 6.45) is 0. The second kappa shape index (κ2) is 5.46. The molecule has 0 aliphatic carbocycles. The monoisotopic (exact) mass is 252 g/mol. The van der Waals surface area contributed by atoms with E-state index in [-0.39, 0.29) is 29.7 Å². The fourth-order valence-electron chi connectivity index (χ4n) is 2.02. The third-order valence-corrected chi connectivity index (χ3v) is 3.17. The van der Waals surface area contributed by atoms with Gasteiger partial charge in [-0.15, -0.1) is 0 Å². The molecule has 0 aromatic heterocycles. The number of nitrogens with one attached hydrogen (secondary N) is 1. The van der Waals surface area contributed by atoms with E-state index in [1.165, 1.54) is 12.1 Å². The number of carbonyl (C=O) groups excluding carboxylic acids is 1. The van der Waals surface area contributed by atoms with Crippen LogP contribution < -0.4 is 11.1 Å². The number of hydrogen-bond donors (Lipinski definition) is 2. The summed E-state index contributed by atoms with van der Waals surface area (Å²) >= 11 is 0. The van der Waals surface area contributed by atoms with E-state index >= 15 is 0 Å².